The third kappa shape index (κ3) is 3.58. The van der Waals surface area contributed by atoms with E-state index < -0.39 is 18.4 Å². The molecular weight excluding hydrogens is 260 g/mol. The molecular formula is C13H14N4O3. The first-order valence-electron chi connectivity index (χ1n) is 5.90. The Kier molecular flexibility index (Phi) is 3.99. The third-order valence-corrected chi connectivity index (χ3v) is 2.54. The zero-order valence-corrected chi connectivity index (χ0v) is 10.8. The van der Waals surface area contributed by atoms with E-state index in [2.05, 4.69) is 15.7 Å². The quantitative estimate of drug-likeness (QED) is 0.755. The van der Waals surface area contributed by atoms with Crippen molar-refractivity contribution in [2.24, 2.45) is 7.05 Å². The van der Waals surface area contributed by atoms with Crippen molar-refractivity contribution >= 4 is 23.3 Å². The molecule has 2 aromatic rings. The van der Waals surface area contributed by atoms with E-state index in [1.165, 1.54) is 0 Å². The van der Waals surface area contributed by atoms with Gasteiger partial charge in [-0.25, -0.2) is 0 Å². The van der Waals surface area contributed by atoms with Gasteiger partial charge in [-0.2, -0.15) is 5.10 Å². The molecule has 104 valence electrons. The van der Waals surface area contributed by atoms with Gasteiger partial charge in [0.05, 0.1) is 11.9 Å². The lowest BCUT2D eigenvalue weighted by atomic mass is 10.2. The van der Waals surface area contributed by atoms with E-state index in [1.807, 2.05) is 13.2 Å². The fraction of sp³-hybridized carbons (Fsp3) is 0.154. The summed E-state index contributed by atoms with van der Waals surface area (Å²) >= 11 is 0. The molecule has 3 N–H and O–H groups in total. The largest absolute Gasteiger partial charge is 0.480 e. The first-order chi connectivity index (χ1) is 9.54. The topological polar surface area (TPSA) is 96.2 Å². The molecule has 0 atom stereocenters. The van der Waals surface area contributed by atoms with Crippen LogP contribution in [0.25, 0.3) is 0 Å². The number of aliphatic carboxylic acids is 1. The van der Waals surface area contributed by atoms with Crippen LogP contribution in [0.4, 0.5) is 11.4 Å². The van der Waals surface area contributed by atoms with Crippen LogP contribution in [0, 0.1) is 0 Å². The summed E-state index contributed by atoms with van der Waals surface area (Å²) in [6.45, 7) is -0.394. The van der Waals surface area contributed by atoms with Crippen molar-refractivity contribution in [3.63, 3.8) is 0 Å². The number of nitrogens with zero attached hydrogens (tertiary/aromatic N) is 2. The predicted octanol–water partition coefficient (Wildman–Crippen LogP) is 0.978. The summed E-state index contributed by atoms with van der Waals surface area (Å²) in [4.78, 5) is 22.0. The SMILES string of the molecule is Cn1cc(Nc2ccc(C(=O)NCC(=O)O)cc2)cn1. The minimum atomic E-state index is -1.08. The van der Waals surface area contributed by atoms with Crippen LogP contribution >= 0.6 is 0 Å². The number of carbonyl (C=O) groups is 2. The summed E-state index contributed by atoms with van der Waals surface area (Å²) in [5, 5.41) is 18.0. The predicted molar refractivity (Wildman–Crippen MR) is 72.9 cm³/mol. The third-order valence-electron chi connectivity index (χ3n) is 2.54. The highest BCUT2D eigenvalue weighted by Gasteiger charge is 2.07. The Morgan fingerprint density at radius 2 is 1.95 bits per heavy atom. The molecule has 0 aliphatic rings. The average Bonchev–Trinajstić information content (AvgIpc) is 2.82. The van der Waals surface area contributed by atoms with Crippen molar-refractivity contribution in [1.29, 1.82) is 0 Å². The number of aryl methyl sites for hydroxylation is 1. The van der Waals surface area contributed by atoms with Crippen LogP contribution in [0.1, 0.15) is 10.4 Å². The summed E-state index contributed by atoms with van der Waals surface area (Å²) in [5.41, 5.74) is 2.06. The number of nitrogens with one attached hydrogen (secondary N) is 2. The molecule has 7 nitrogen and oxygen atoms in total. The van der Waals surface area contributed by atoms with E-state index in [1.54, 1.807) is 35.1 Å². The molecule has 1 heterocycles. The first-order valence-corrected chi connectivity index (χ1v) is 5.90. The maximum absolute atomic E-state index is 11.6. The lowest BCUT2D eigenvalue weighted by Crippen LogP contribution is -2.29. The number of hydrogen-bond acceptors (Lipinski definition) is 4. The van der Waals surface area contributed by atoms with Gasteiger partial charge in [0.15, 0.2) is 0 Å². The summed E-state index contributed by atoms with van der Waals surface area (Å²) in [5.74, 6) is -1.49. The Morgan fingerprint density at radius 3 is 2.50 bits per heavy atom. The zero-order valence-electron chi connectivity index (χ0n) is 10.8. The Balaban J connectivity index is 1.99. The van der Waals surface area contributed by atoms with Gasteiger partial charge >= 0.3 is 5.97 Å². The number of aromatic nitrogens is 2. The minimum absolute atomic E-state index is 0.394. The van der Waals surface area contributed by atoms with Crippen LogP contribution in [0.15, 0.2) is 36.7 Å². The van der Waals surface area contributed by atoms with E-state index >= 15 is 0 Å². The molecule has 0 spiro atoms. The Morgan fingerprint density at radius 1 is 1.25 bits per heavy atom. The fourth-order valence-corrected chi connectivity index (χ4v) is 1.62. The molecule has 0 saturated carbocycles. The molecule has 1 aromatic heterocycles. The van der Waals surface area contributed by atoms with Crippen LogP contribution in [0.5, 0.6) is 0 Å². The standard InChI is InChI=1S/C13H14N4O3/c1-17-8-11(6-15-17)16-10-4-2-9(3-5-10)13(20)14-7-12(18)19/h2-6,8,16H,7H2,1H3,(H,14,20)(H,18,19). The number of rotatable bonds is 5. The zero-order chi connectivity index (χ0) is 14.5. The summed E-state index contributed by atoms with van der Waals surface area (Å²) in [6, 6.07) is 6.72. The average molecular weight is 274 g/mol. The van der Waals surface area contributed by atoms with Gasteiger partial charge in [-0.1, -0.05) is 0 Å². The van der Waals surface area contributed by atoms with Gasteiger partial charge in [0.2, 0.25) is 0 Å². The molecule has 7 heteroatoms. The second-order valence-corrected chi connectivity index (χ2v) is 4.18. The van der Waals surface area contributed by atoms with Crippen LogP contribution < -0.4 is 10.6 Å². The van der Waals surface area contributed by atoms with Crippen molar-refractivity contribution in [2.75, 3.05) is 11.9 Å². The van der Waals surface area contributed by atoms with Gasteiger partial charge in [-0.15, -0.1) is 0 Å². The van der Waals surface area contributed by atoms with Crippen LogP contribution in [-0.4, -0.2) is 33.3 Å². The maximum atomic E-state index is 11.6. The number of carbonyl (C=O) groups excluding carboxylic acids is 1. The van der Waals surface area contributed by atoms with E-state index in [-0.39, 0.29) is 0 Å². The first kappa shape index (κ1) is 13.6. The number of amides is 1. The highest BCUT2D eigenvalue weighted by atomic mass is 16.4. The fourth-order valence-electron chi connectivity index (χ4n) is 1.62. The van der Waals surface area contributed by atoms with Gasteiger partial charge in [0.1, 0.15) is 6.54 Å². The molecule has 0 aliphatic carbocycles. The molecule has 0 radical (unpaired) electrons. The van der Waals surface area contributed by atoms with Gasteiger partial charge in [0.25, 0.3) is 5.91 Å². The van der Waals surface area contributed by atoms with Gasteiger partial charge in [0, 0.05) is 24.5 Å². The highest BCUT2D eigenvalue weighted by molar-refractivity contribution is 5.96. The molecule has 1 amide bonds. The van der Waals surface area contributed by atoms with Crippen molar-refractivity contribution in [3.8, 4) is 0 Å². The normalized spacial score (nSPS) is 10.1. The van der Waals surface area contributed by atoms with Crippen molar-refractivity contribution in [1.82, 2.24) is 15.1 Å². The lowest BCUT2D eigenvalue weighted by molar-refractivity contribution is -0.135. The minimum Gasteiger partial charge on any atom is -0.480 e. The summed E-state index contributed by atoms with van der Waals surface area (Å²) in [6.07, 6.45) is 3.51. The highest BCUT2D eigenvalue weighted by Crippen LogP contribution is 2.16. The van der Waals surface area contributed by atoms with Crippen LogP contribution in [0.2, 0.25) is 0 Å². The molecule has 1 aromatic carbocycles. The van der Waals surface area contributed by atoms with Gasteiger partial charge < -0.3 is 15.7 Å². The van der Waals surface area contributed by atoms with Gasteiger partial charge in [-0.05, 0) is 24.3 Å². The van der Waals surface area contributed by atoms with E-state index in [9.17, 15) is 9.59 Å². The lowest BCUT2D eigenvalue weighted by Gasteiger charge is -2.05. The molecule has 0 aliphatic heterocycles. The number of carboxylic acids is 1. The molecule has 0 bridgehead atoms. The molecule has 0 saturated heterocycles. The number of anilines is 2. The molecule has 2 rings (SSSR count). The number of benzene rings is 1. The molecule has 0 fully saturated rings. The van der Waals surface area contributed by atoms with E-state index in [0.717, 1.165) is 11.4 Å². The van der Waals surface area contributed by atoms with Crippen molar-refractivity contribution < 1.29 is 14.7 Å². The molecule has 0 unspecified atom stereocenters. The molecule has 20 heavy (non-hydrogen) atoms. The Hall–Kier alpha value is -2.83. The van der Waals surface area contributed by atoms with Crippen LogP contribution in [-0.2, 0) is 11.8 Å². The number of hydrogen-bond donors (Lipinski definition) is 3. The van der Waals surface area contributed by atoms with Crippen molar-refractivity contribution in [3.05, 3.63) is 42.2 Å². The maximum Gasteiger partial charge on any atom is 0.322 e. The Bertz CT molecular complexity index is 619. The monoisotopic (exact) mass is 274 g/mol. The summed E-state index contributed by atoms with van der Waals surface area (Å²) in [7, 11) is 1.82. The van der Waals surface area contributed by atoms with Crippen molar-refractivity contribution in [2.45, 2.75) is 0 Å². The Labute approximate surface area is 115 Å². The van der Waals surface area contributed by atoms with E-state index in [4.69, 9.17) is 5.11 Å². The van der Waals surface area contributed by atoms with E-state index in [0.29, 0.717) is 5.56 Å². The second kappa shape index (κ2) is 5.87. The smallest absolute Gasteiger partial charge is 0.322 e. The second-order valence-electron chi connectivity index (χ2n) is 4.18. The summed E-state index contributed by atoms with van der Waals surface area (Å²) < 4.78 is 1.68. The van der Waals surface area contributed by atoms with Crippen LogP contribution in [0.3, 0.4) is 0 Å². The number of carboxylic acid groups (broad SMARTS) is 1. The van der Waals surface area contributed by atoms with Gasteiger partial charge in [-0.3, -0.25) is 14.3 Å².